The Morgan fingerprint density at radius 2 is 2.00 bits per heavy atom. The molecule has 0 bridgehead atoms. The molecule has 0 unspecified atom stereocenters. The van der Waals surface area contributed by atoms with E-state index in [4.69, 9.17) is 10.2 Å². The molecule has 1 aliphatic carbocycles. The highest BCUT2D eigenvalue weighted by Gasteiger charge is 2.29. The van der Waals surface area contributed by atoms with Gasteiger partial charge < -0.3 is 5.11 Å². The maximum Gasteiger partial charge on any atom is 0.304 e. The van der Waals surface area contributed by atoms with E-state index in [9.17, 15) is 13.2 Å². The second kappa shape index (κ2) is 4.91. The first-order valence-corrected chi connectivity index (χ1v) is 6.56. The highest BCUT2D eigenvalue weighted by atomic mass is 32.2. The Balaban J connectivity index is 2.34. The molecule has 0 aromatic rings. The van der Waals surface area contributed by atoms with E-state index in [0.29, 0.717) is 19.1 Å². The van der Waals surface area contributed by atoms with Gasteiger partial charge in [-0.2, -0.15) is 0 Å². The van der Waals surface area contributed by atoms with E-state index in [-0.39, 0.29) is 12.2 Å². The van der Waals surface area contributed by atoms with Crippen molar-refractivity contribution < 1.29 is 18.3 Å². The van der Waals surface area contributed by atoms with Gasteiger partial charge in [0.2, 0.25) is 10.0 Å². The van der Waals surface area contributed by atoms with Crippen LogP contribution in [0.3, 0.4) is 0 Å². The molecule has 0 saturated heterocycles. The minimum Gasteiger partial charge on any atom is -0.481 e. The topological polar surface area (TPSA) is 101 Å². The van der Waals surface area contributed by atoms with Gasteiger partial charge in [-0.3, -0.25) is 9.69 Å². The van der Waals surface area contributed by atoms with Gasteiger partial charge in [0, 0.05) is 19.1 Å². The Hall–Kier alpha value is -0.660. The fourth-order valence-corrected chi connectivity index (χ4v) is 1.89. The number of nitrogens with zero attached hydrogens (tertiary/aromatic N) is 1. The Labute approximate surface area is 89.1 Å². The van der Waals surface area contributed by atoms with Gasteiger partial charge in [0.05, 0.1) is 12.2 Å². The average molecular weight is 236 g/mol. The minimum atomic E-state index is -3.45. The van der Waals surface area contributed by atoms with E-state index in [1.54, 1.807) is 0 Å². The van der Waals surface area contributed by atoms with Gasteiger partial charge in [0.25, 0.3) is 0 Å². The summed E-state index contributed by atoms with van der Waals surface area (Å²) < 4.78 is 21.5. The molecule has 0 spiro atoms. The third-order valence-corrected chi connectivity index (χ3v) is 3.09. The summed E-state index contributed by atoms with van der Waals surface area (Å²) in [6.45, 7) is 0.728. The average Bonchev–Trinajstić information content (AvgIpc) is 2.85. The van der Waals surface area contributed by atoms with E-state index in [1.165, 1.54) is 0 Å². The lowest BCUT2D eigenvalue weighted by molar-refractivity contribution is -0.137. The summed E-state index contributed by atoms with van der Waals surface area (Å²) in [5.41, 5.74) is 0. The quantitative estimate of drug-likeness (QED) is 0.603. The number of hydrogen-bond acceptors (Lipinski definition) is 4. The summed E-state index contributed by atoms with van der Waals surface area (Å²) in [5.74, 6) is -0.973. The molecule has 0 aromatic carbocycles. The number of hydrogen-bond donors (Lipinski definition) is 2. The van der Waals surface area contributed by atoms with Crippen molar-refractivity contribution in [2.45, 2.75) is 25.3 Å². The third kappa shape index (κ3) is 5.71. The number of carbonyl (C=O) groups is 1. The smallest absolute Gasteiger partial charge is 0.304 e. The van der Waals surface area contributed by atoms with Crippen LogP contribution in [0.25, 0.3) is 0 Å². The zero-order valence-corrected chi connectivity index (χ0v) is 9.24. The van der Waals surface area contributed by atoms with E-state index in [1.807, 2.05) is 4.90 Å². The number of sulfonamides is 1. The van der Waals surface area contributed by atoms with Gasteiger partial charge in [-0.05, 0) is 12.8 Å². The van der Waals surface area contributed by atoms with E-state index < -0.39 is 16.0 Å². The maximum atomic E-state index is 10.8. The van der Waals surface area contributed by atoms with E-state index in [0.717, 1.165) is 12.8 Å². The van der Waals surface area contributed by atoms with Crippen LogP contribution in [0.2, 0.25) is 0 Å². The van der Waals surface area contributed by atoms with Gasteiger partial charge in [-0.1, -0.05) is 0 Å². The molecule has 7 heteroatoms. The van der Waals surface area contributed by atoms with Crippen molar-refractivity contribution in [3.63, 3.8) is 0 Å². The predicted molar refractivity (Wildman–Crippen MR) is 54.8 cm³/mol. The zero-order chi connectivity index (χ0) is 11.5. The lowest BCUT2D eigenvalue weighted by Gasteiger charge is -2.20. The predicted octanol–water partition coefficient (Wildman–Crippen LogP) is -0.786. The highest BCUT2D eigenvalue weighted by Crippen LogP contribution is 2.26. The summed E-state index contributed by atoms with van der Waals surface area (Å²) in [5, 5.41) is 13.4. The van der Waals surface area contributed by atoms with Crippen molar-refractivity contribution in [2.24, 2.45) is 5.14 Å². The van der Waals surface area contributed by atoms with E-state index in [2.05, 4.69) is 0 Å². The van der Waals surface area contributed by atoms with Crippen LogP contribution in [0.4, 0.5) is 0 Å². The second-order valence-corrected chi connectivity index (χ2v) is 5.51. The molecule has 3 N–H and O–H groups in total. The summed E-state index contributed by atoms with van der Waals surface area (Å²) in [6.07, 6.45) is 2.08. The molecular weight excluding hydrogens is 220 g/mol. The van der Waals surface area contributed by atoms with Crippen molar-refractivity contribution >= 4 is 16.0 Å². The van der Waals surface area contributed by atoms with Crippen LogP contribution in [0.15, 0.2) is 0 Å². The fourth-order valence-electron chi connectivity index (χ4n) is 1.40. The largest absolute Gasteiger partial charge is 0.481 e. The van der Waals surface area contributed by atoms with Crippen LogP contribution < -0.4 is 5.14 Å². The molecule has 0 amide bonds. The van der Waals surface area contributed by atoms with Crippen LogP contribution in [-0.2, 0) is 14.8 Å². The molecule has 88 valence electrons. The molecule has 15 heavy (non-hydrogen) atoms. The van der Waals surface area contributed by atoms with Gasteiger partial charge in [-0.25, -0.2) is 13.6 Å². The van der Waals surface area contributed by atoms with Crippen LogP contribution in [0, 0.1) is 0 Å². The number of nitrogens with two attached hydrogens (primary N) is 1. The highest BCUT2D eigenvalue weighted by molar-refractivity contribution is 7.89. The Morgan fingerprint density at radius 1 is 1.40 bits per heavy atom. The van der Waals surface area contributed by atoms with E-state index >= 15 is 0 Å². The third-order valence-electron chi connectivity index (χ3n) is 2.34. The molecule has 1 fully saturated rings. The standard InChI is InChI=1S/C8H16N2O4S/c9-15(13,14)6-5-10(7-1-2-7)4-3-8(11)12/h7H,1-6H2,(H,11,12)(H2,9,13,14). The number of aliphatic carboxylic acids is 1. The first-order chi connectivity index (χ1) is 6.88. The van der Waals surface area contributed by atoms with Crippen molar-refractivity contribution in [3.05, 3.63) is 0 Å². The monoisotopic (exact) mass is 236 g/mol. The normalized spacial score (nSPS) is 16.9. The maximum absolute atomic E-state index is 10.8. The Bertz CT molecular complexity index is 324. The molecular formula is C8H16N2O4S. The van der Waals surface area contributed by atoms with Gasteiger partial charge in [0.15, 0.2) is 0 Å². The lowest BCUT2D eigenvalue weighted by Crippen LogP contribution is -2.34. The first-order valence-electron chi connectivity index (χ1n) is 4.85. The van der Waals surface area contributed by atoms with Crippen LogP contribution in [0.1, 0.15) is 19.3 Å². The number of carboxylic acids is 1. The number of rotatable bonds is 7. The van der Waals surface area contributed by atoms with Gasteiger partial charge in [0.1, 0.15) is 0 Å². The van der Waals surface area contributed by atoms with Crippen molar-refractivity contribution in [1.82, 2.24) is 4.90 Å². The Morgan fingerprint density at radius 3 is 2.40 bits per heavy atom. The summed E-state index contributed by atoms with van der Waals surface area (Å²) in [6, 6.07) is 0.353. The van der Waals surface area contributed by atoms with Crippen molar-refractivity contribution in [2.75, 3.05) is 18.8 Å². The second-order valence-electron chi connectivity index (χ2n) is 3.78. The lowest BCUT2D eigenvalue weighted by atomic mass is 10.3. The molecule has 1 saturated carbocycles. The van der Waals surface area contributed by atoms with Crippen LogP contribution >= 0.6 is 0 Å². The van der Waals surface area contributed by atoms with Crippen LogP contribution in [-0.4, -0.2) is 49.3 Å². The molecule has 0 atom stereocenters. The fraction of sp³-hybridized carbons (Fsp3) is 0.875. The molecule has 1 aliphatic rings. The summed E-state index contributed by atoms with van der Waals surface area (Å²) in [4.78, 5) is 12.3. The molecule has 0 radical (unpaired) electrons. The Kier molecular flexibility index (Phi) is 4.06. The SMILES string of the molecule is NS(=O)(=O)CCN(CCC(=O)O)C1CC1. The molecule has 6 nitrogen and oxygen atoms in total. The molecule has 1 rings (SSSR count). The number of carboxylic acid groups (broad SMARTS) is 1. The van der Waals surface area contributed by atoms with Gasteiger partial charge in [-0.15, -0.1) is 0 Å². The first kappa shape index (κ1) is 12.4. The van der Waals surface area contributed by atoms with Crippen LogP contribution in [0.5, 0.6) is 0 Å². The summed E-state index contributed by atoms with van der Waals surface area (Å²) >= 11 is 0. The zero-order valence-electron chi connectivity index (χ0n) is 8.42. The van der Waals surface area contributed by atoms with Crippen molar-refractivity contribution in [1.29, 1.82) is 0 Å². The van der Waals surface area contributed by atoms with Crippen molar-refractivity contribution in [3.8, 4) is 0 Å². The van der Waals surface area contributed by atoms with Gasteiger partial charge >= 0.3 is 5.97 Å². The minimum absolute atomic E-state index is 0.0428. The molecule has 0 aromatic heterocycles. The summed E-state index contributed by atoms with van der Waals surface area (Å²) in [7, 11) is -3.45. The molecule has 0 aliphatic heterocycles. The number of primary sulfonamides is 1. The molecule has 0 heterocycles.